The largest absolute Gasteiger partial charge is 0.443 e. The van der Waals surface area contributed by atoms with E-state index in [2.05, 4.69) is 9.40 Å². The van der Waals surface area contributed by atoms with Crippen LogP contribution in [-0.2, 0) is 6.54 Å². The van der Waals surface area contributed by atoms with Gasteiger partial charge in [-0.3, -0.25) is 10.1 Å². The van der Waals surface area contributed by atoms with E-state index in [0.717, 1.165) is 0 Å². The summed E-state index contributed by atoms with van der Waals surface area (Å²) < 4.78 is 4.59. The average molecular weight is 128 g/mol. The fourth-order valence-electron chi connectivity index (χ4n) is 0.441. The van der Waals surface area contributed by atoms with E-state index < -0.39 is 4.92 Å². The highest BCUT2D eigenvalue weighted by atomic mass is 16.6. The number of rotatable bonds is 2. The zero-order valence-electron chi connectivity index (χ0n) is 4.48. The third kappa shape index (κ3) is 1.52. The molecule has 1 aromatic rings. The molecule has 0 N–H and O–H groups in total. The van der Waals surface area contributed by atoms with E-state index in [-0.39, 0.29) is 12.4 Å². The molecule has 1 aromatic heterocycles. The van der Waals surface area contributed by atoms with Crippen molar-refractivity contribution in [2.75, 3.05) is 0 Å². The van der Waals surface area contributed by atoms with Crippen molar-refractivity contribution in [3.05, 3.63) is 28.5 Å². The van der Waals surface area contributed by atoms with Crippen molar-refractivity contribution in [1.82, 2.24) is 4.98 Å². The summed E-state index contributed by atoms with van der Waals surface area (Å²) in [4.78, 5) is 12.8. The number of oxazole rings is 1. The van der Waals surface area contributed by atoms with Gasteiger partial charge in [0.15, 0.2) is 0 Å². The number of aromatic nitrogens is 1. The molecule has 0 spiro atoms. The van der Waals surface area contributed by atoms with Gasteiger partial charge >= 0.3 is 0 Å². The van der Waals surface area contributed by atoms with Gasteiger partial charge in [-0.1, -0.05) is 0 Å². The monoisotopic (exact) mass is 128 g/mol. The molecule has 0 unspecified atom stereocenters. The van der Waals surface area contributed by atoms with Crippen LogP contribution in [0.3, 0.4) is 0 Å². The Morgan fingerprint density at radius 3 is 3.11 bits per heavy atom. The third-order valence-corrected chi connectivity index (χ3v) is 0.748. The zero-order valence-corrected chi connectivity index (χ0v) is 4.48. The molecule has 0 atom stereocenters. The van der Waals surface area contributed by atoms with Crippen LogP contribution in [0, 0.1) is 10.1 Å². The van der Waals surface area contributed by atoms with E-state index in [1.165, 1.54) is 12.5 Å². The van der Waals surface area contributed by atoms with Crippen LogP contribution in [0.25, 0.3) is 0 Å². The van der Waals surface area contributed by atoms with Gasteiger partial charge in [0.1, 0.15) is 6.26 Å². The highest BCUT2D eigenvalue weighted by Crippen LogP contribution is 1.94. The lowest BCUT2D eigenvalue weighted by atomic mass is 10.7. The van der Waals surface area contributed by atoms with Gasteiger partial charge in [-0.25, -0.2) is 4.98 Å². The Bertz CT molecular complexity index is 194. The van der Waals surface area contributed by atoms with Gasteiger partial charge in [0, 0.05) is 4.92 Å². The average Bonchev–Trinajstić information content (AvgIpc) is 2.15. The van der Waals surface area contributed by atoms with Crippen molar-refractivity contribution < 1.29 is 9.34 Å². The molecule has 1 rings (SSSR count). The molecule has 0 amide bonds. The maximum Gasteiger partial charge on any atom is 0.278 e. The molecule has 1 heterocycles. The minimum absolute atomic E-state index is 0.139. The molecular formula is C4H4N2O3. The van der Waals surface area contributed by atoms with Gasteiger partial charge in [-0.2, -0.15) is 0 Å². The van der Waals surface area contributed by atoms with Crippen LogP contribution in [0.1, 0.15) is 5.89 Å². The Hall–Kier alpha value is -1.39. The number of hydrogen-bond donors (Lipinski definition) is 0. The molecule has 48 valence electrons. The molecule has 9 heavy (non-hydrogen) atoms. The quantitative estimate of drug-likeness (QED) is 0.428. The van der Waals surface area contributed by atoms with Crippen LogP contribution in [-0.4, -0.2) is 9.91 Å². The van der Waals surface area contributed by atoms with E-state index in [1.54, 1.807) is 0 Å². The summed E-state index contributed by atoms with van der Waals surface area (Å²) in [5.74, 6) is 0.139. The van der Waals surface area contributed by atoms with Gasteiger partial charge in [0.05, 0.1) is 6.20 Å². The summed E-state index contributed by atoms with van der Waals surface area (Å²) in [5, 5.41) is 9.77. The van der Waals surface area contributed by atoms with Crippen LogP contribution in [0.5, 0.6) is 0 Å². The second-order valence-electron chi connectivity index (χ2n) is 1.42. The third-order valence-electron chi connectivity index (χ3n) is 0.748. The van der Waals surface area contributed by atoms with Crippen LogP contribution >= 0.6 is 0 Å². The minimum atomic E-state index is -0.494. The SMILES string of the molecule is O=[N+]([O-])Cc1ncco1. The highest BCUT2D eigenvalue weighted by Gasteiger charge is 2.03. The highest BCUT2D eigenvalue weighted by molar-refractivity contribution is 4.75. The fraction of sp³-hybridized carbons (Fsp3) is 0.250. The predicted molar refractivity (Wildman–Crippen MR) is 27.2 cm³/mol. The van der Waals surface area contributed by atoms with Gasteiger partial charge < -0.3 is 4.42 Å². The number of hydrogen-bond acceptors (Lipinski definition) is 4. The number of nitrogens with zero attached hydrogens (tertiary/aromatic N) is 2. The molecule has 5 heteroatoms. The van der Waals surface area contributed by atoms with E-state index in [9.17, 15) is 10.1 Å². The van der Waals surface area contributed by atoms with E-state index in [1.807, 2.05) is 0 Å². The van der Waals surface area contributed by atoms with Crippen molar-refractivity contribution in [2.45, 2.75) is 6.54 Å². The van der Waals surface area contributed by atoms with E-state index in [0.29, 0.717) is 0 Å². The topological polar surface area (TPSA) is 69.2 Å². The Labute approximate surface area is 50.5 Å². The Morgan fingerprint density at radius 1 is 1.89 bits per heavy atom. The summed E-state index contributed by atoms with van der Waals surface area (Å²) in [7, 11) is 0. The van der Waals surface area contributed by atoms with Crippen molar-refractivity contribution in [3.8, 4) is 0 Å². The Kier molecular flexibility index (Phi) is 1.44. The molecule has 0 saturated heterocycles. The maximum atomic E-state index is 9.77. The maximum absolute atomic E-state index is 9.77. The van der Waals surface area contributed by atoms with Gasteiger partial charge in [-0.15, -0.1) is 0 Å². The number of nitro groups is 1. The first-order valence-corrected chi connectivity index (χ1v) is 2.29. The van der Waals surface area contributed by atoms with Gasteiger partial charge in [0.2, 0.25) is 0 Å². The molecule has 0 aliphatic carbocycles. The summed E-state index contributed by atoms with van der Waals surface area (Å²) >= 11 is 0. The minimum Gasteiger partial charge on any atom is -0.443 e. The lowest BCUT2D eigenvalue weighted by Gasteiger charge is -1.82. The first-order valence-electron chi connectivity index (χ1n) is 2.29. The van der Waals surface area contributed by atoms with E-state index >= 15 is 0 Å². The van der Waals surface area contributed by atoms with E-state index in [4.69, 9.17) is 0 Å². The normalized spacial score (nSPS) is 9.33. The zero-order chi connectivity index (χ0) is 6.69. The first-order chi connectivity index (χ1) is 4.29. The Morgan fingerprint density at radius 2 is 2.67 bits per heavy atom. The summed E-state index contributed by atoms with van der Waals surface area (Å²) in [6.07, 6.45) is 2.68. The second kappa shape index (κ2) is 2.25. The molecule has 0 bridgehead atoms. The van der Waals surface area contributed by atoms with Crippen molar-refractivity contribution in [2.24, 2.45) is 0 Å². The molecular weight excluding hydrogens is 124 g/mol. The summed E-state index contributed by atoms with van der Waals surface area (Å²) in [6.45, 7) is -0.340. The molecule has 0 aromatic carbocycles. The molecule has 0 saturated carbocycles. The van der Waals surface area contributed by atoms with Crippen molar-refractivity contribution >= 4 is 0 Å². The lowest BCUT2D eigenvalue weighted by Crippen LogP contribution is -1.97. The molecule has 0 fully saturated rings. The van der Waals surface area contributed by atoms with Gasteiger partial charge in [-0.05, 0) is 0 Å². The molecule has 0 aliphatic rings. The van der Waals surface area contributed by atoms with Crippen molar-refractivity contribution in [1.29, 1.82) is 0 Å². The smallest absolute Gasteiger partial charge is 0.278 e. The summed E-state index contributed by atoms with van der Waals surface area (Å²) in [5.41, 5.74) is 0. The lowest BCUT2D eigenvalue weighted by molar-refractivity contribution is -0.500. The first kappa shape index (κ1) is 5.74. The van der Waals surface area contributed by atoms with Crippen LogP contribution in [0.15, 0.2) is 16.9 Å². The predicted octanol–water partition coefficient (Wildman–Crippen LogP) is 0.451. The van der Waals surface area contributed by atoms with Gasteiger partial charge in [0.25, 0.3) is 12.4 Å². The van der Waals surface area contributed by atoms with Crippen LogP contribution in [0.2, 0.25) is 0 Å². The van der Waals surface area contributed by atoms with Crippen molar-refractivity contribution in [3.63, 3.8) is 0 Å². The standard InChI is InChI=1S/C4H4N2O3/c7-6(8)3-4-5-1-2-9-4/h1-2H,3H2. The fourth-order valence-corrected chi connectivity index (χ4v) is 0.441. The Balaban J connectivity index is 2.58. The summed E-state index contributed by atoms with van der Waals surface area (Å²) in [6, 6.07) is 0. The van der Waals surface area contributed by atoms with Crippen LogP contribution in [0.4, 0.5) is 0 Å². The van der Waals surface area contributed by atoms with Crippen LogP contribution < -0.4 is 0 Å². The second-order valence-corrected chi connectivity index (χ2v) is 1.42. The molecule has 0 radical (unpaired) electrons. The molecule has 0 aliphatic heterocycles. The molecule has 5 nitrogen and oxygen atoms in total.